The van der Waals surface area contributed by atoms with Gasteiger partial charge in [0.15, 0.2) is 0 Å². The molecule has 0 aliphatic rings. The van der Waals surface area contributed by atoms with Crippen molar-refractivity contribution in [3.05, 3.63) is 60.2 Å². The number of aliphatic hydroxyl groups is 2. The summed E-state index contributed by atoms with van der Waals surface area (Å²) in [5, 5.41) is 18.0. The number of benzene rings is 1. The zero-order valence-electron chi connectivity index (χ0n) is 13.0. The standard InChI is InChI=1S/C10H18O.C8H10O/c1-5-10(4,11)8-6-7-9(2)3;9-7-6-8-4-2-1-3-5-8/h5,7,11H,1,6,8H2,2-4H3;1-5,9H,6-7H2. The van der Waals surface area contributed by atoms with Crippen molar-refractivity contribution in [1.29, 1.82) is 0 Å². The summed E-state index contributed by atoms with van der Waals surface area (Å²) in [4.78, 5) is 0. The van der Waals surface area contributed by atoms with Crippen molar-refractivity contribution < 1.29 is 10.2 Å². The van der Waals surface area contributed by atoms with Crippen molar-refractivity contribution >= 4 is 0 Å². The van der Waals surface area contributed by atoms with Gasteiger partial charge in [-0.1, -0.05) is 48.1 Å². The first-order valence-corrected chi connectivity index (χ1v) is 7.05. The molecule has 1 rings (SSSR count). The average Bonchev–Trinajstić information content (AvgIpc) is 2.40. The van der Waals surface area contributed by atoms with Crippen LogP contribution in [0.15, 0.2) is 54.6 Å². The summed E-state index contributed by atoms with van der Waals surface area (Å²) in [7, 11) is 0. The summed E-state index contributed by atoms with van der Waals surface area (Å²) in [5.74, 6) is 0. The molecule has 0 radical (unpaired) electrons. The molecule has 0 spiro atoms. The molecule has 1 aromatic rings. The molecule has 20 heavy (non-hydrogen) atoms. The van der Waals surface area contributed by atoms with Gasteiger partial charge >= 0.3 is 0 Å². The Balaban J connectivity index is 0.000000367. The number of allylic oxidation sites excluding steroid dienone is 2. The molecule has 2 heteroatoms. The van der Waals surface area contributed by atoms with E-state index in [1.807, 2.05) is 30.3 Å². The van der Waals surface area contributed by atoms with Crippen LogP contribution in [0.1, 0.15) is 39.2 Å². The van der Waals surface area contributed by atoms with E-state index in [-0.39, 0.29) is 6.61 Å². The monoisotopic (exact) mass is 276 g/mol. The van der Waals surface area contributed by atoms with Crippen LogP contribution in [0.25, 0.3) is 0 Å². The van der Waals surface area contributed by atoms with E-state index >= 15 is 0 Å². The maximum absolute atomic E-state index is 9.49. The molecule has 1 atom stereocenters. The normalized spacial score (nSPS) is 12.7. The van der Waals surface area contributed by atoms with Crippen LogP contribution in [0.4, 0.5) is 0 Å². The van der Waals surface area contributed by atoms with E-state index in [1.165, 1.54) is 11.1 Å². The summed E-state index contributed by atoms with van der Waals surface area (Å²) < 4.78 is 0. The number of rotatable bonds is 6. The van der Waals surface area contributed by atoms with E-state index in [9.17, 15) is 5.11 Å². The molecule has 0 heterocycles. The Bertz CT molecular complexity index is 387. The zero-order chi connectivity index (χ0) is 15.4. The Morgan fingerprint density at radius 1 is 1.25 bits per heavy atom. The van der Waals surface area contributed by atoms with E-state index in [1.54, 1.807) is 13.0 Å². The summed E-state index contributed by atoms with van der Waals surface area (Å²) >= 11 is 0. The fourth-order valence-electron chi connectivity index (χ4n) is 1.53. The highest BCUT2D eigenvalue weighted by Crippen LogP contribution is 2.13. The quantitative estimate of drug-likeness (QED) is 0.774. The first kappa shape index (κ1) is 18.6. The van der Waals surface area contributed by atoms with Crippen molar-refractivity contribution in [2.45, 2.75) is 45.6 Å². The first-order chi connectivity index (χ1) is 9.41. The minimum Gasteiger partial charge on any atom is -0.396 e. The Hall–Kier alpha value is -1.38. The molecule has 0 aliphatic carbocycles. The third-order valence-corrected chi connectivity index (χ3v) is 2.89. The molecule has 0 bridgehead atoms. The van der Waals surface area contributed by atoms with Crippen LogP contribution in [-0.4, -0.2) is 22.4 Å². The lowest BCUT2D eigenvalue weighted by Gasteiger charge is -2.16. The van der Waals surface area contributed by atoms with Gasteiger partial charge in [0.05, 0.1) is 5.60 Å². The second kappa shape index (κ2) is 10.4. The molecule has 0 aliphatic heterocycles. The summed E-state index contributed by atoms with van der Waals surface area (Å²) in [6.07, 6.45) is 6.15. The molecule has 0 fully saturated rings. The number of hydrogen-bond donors (Lipinski definition) is 2. The summed E-state index contributed by atoms with van der Waals surface area (Å²) in [6, 6.07) is 9.95. The smallest absolute Gasteiger partial charge is 0.0800 e. The zero-order valence-corrected chi connectivity index (χ0v) is 13.0. The number of hydrogen-bond acceptors (Lipinski definition) is 2. The van der Waals surface area contributed by atoms with Crippen LogP contribution < -0.4 is 0 Å². The van der Waals surface area contributed by atoms with Gasteiger partial charge in [-0.05, 0) is 45.6 Å². The molecule has 2 nitrogen and oxygen atoms in total. The largest absolute Gasteiger partial charge is 0.396 e. The van der Waals surface area contributed by atoms with Gasteiger partial charge in [-0.25, -0.2) is 0 Å². The van der Waals surface area contributed by atoms with Crippen LogP contribution in [-0.2, 0) is 6.42 Å². The fraction of sp³-hybridized carbons (Fsp3) is 0.444. The van der Waals surface area contributed by atoms with E-state index < -0.39 is 5.60 Å². The molecular weight excluding hydrogens is 248 g/mol. The van der Waals surface area contributed by atoms with Crippen molar-refractivity contribution in [1.82, 2.24) is 0 Å². The topological polar surface area (TPSA) is 40.5 Å². The van der Waals surface area contributed by atoms with Crippen LogP contribution in [0.3, 0.4) is 0 Å². The molecule has 1 unspecified atom stereocenters. The Kier molecular flexibility index (Phi) is 9.69. The third-order valence-electron chi connectivity index (χ3n) is 2.89. The second-order valence-electron chi connectivity index (χ2n) is 5.34. The molecule has 0 saturated carbocycles. The summed E-state index contributed by atoms with van der Waals surface area (Å²) in [5.41, 5.74) is 1.79. The van der Waals surface area contributed by atoms with Crippen molar-refractivity contribution in [3.8, 4) is 0 Å². The SMILES string of the molecule is C=CC(C)(O)CCC=C(C)C.OCCc1ccccc1. The lowest BCUT2D eigenvalue weighted by molar-refractivity contribution is 0.103. The van der Waals surface area contributed by atoms with Crippen LogP contribution >= 0.6 is 0 Å². The highest BCUT2D eigenvalue weighted by molar-refractivity contribution is 5.14. The maximum Gasteiger partial charge on any atom is 0.0800 e. The van der Waals surface area contributed by atoms with Gasteiger partial charge in [0.25, 0.3) is 0 Å². The highest BCUT2D eigenvalue weighted by atomic mass is 16.3. The highest BCUT2D eigenvalue weighted by Gasteiger charge is 2.12. The van der Waals surface area contributed by atoms with Crippen molar-refractivity contribution in [3.63, 3.8) is 0 Å². The lowest BCUT2D eigenvalue weighted by atomic mass is 10.00. The molecular formula is C18H28O2. The molecule has 112 valence electrons. The molecule has 0 aromatic heterocycles. The van der Waals surface area contributed by atoms with Gasteiger partial charge < -0.3 is 10.2 Å². The van der Waals surface area contributed by atoms with Crippen molar-refractivity contribution in [2.75, 3.05) is 6.61 Å². The van der Waals surface area contributed by atoms with Crippen LogP contribution in [0.2, 0.25) is 0 Å². The Morgan fingerprint density at radius 3 is 2.30 bits per heavy atom. The van der Waals surface area contributed by atoms with Gasteiger partial charge in [-0.2, -0.15) is 0 Å². The average molecular weight is 276 g/mol. The fourth-order valence-corrected chi connectivity index (χ4v) is 1.53. The van der Waals surface area contributed by atoms with Gasteiger partial charge in [-0.15, -0.1) is 6.58 Å². The van der Waals surface area contributed by atoms with E-state index in [0.29, 0.717) is 0 Å². The lowest BCUT2D eigenvalue weighted by Crippen LogP contribution is -2.19. The molecule has 0 saturated heterocycles. The van der Waals surface area contributed by atoms with E-state index in [2.05, 4.69) is 26.5 Å². The summed E-state index contributed by atoms with van der Waals surface area (Å²) in [6.45, 7) is 9.69. The predicted molar refractivity (Wildman–Crippen MR) is 86.7 cm³/mol. The van der Waals surface area contributed by atoms with Crippen molar-refractivity contribution in [2.24, 2.45) is 0 Å². The number of aliphatic hydroxyl groups excluding tert-OH is 1. The molecule has 0 amide bonds. The van der Waals surface area contributed by atoms with E-state index in [0.717, 1.165) is 19.3 Å². The van der Waals surface area contributed by atoms with Gasteiger partial charge in [-0.3, -0.25) is 0 Å². The van der Waals surface area contributed by atoms with Crippen LogP contribution in [0, 0.1) is 0 Å². The Labute approximate surface area is 123 Å². The third kappa shape index (κ3) is 10.5. The Morgan fingerprint density at radius 2 is 1.85 bits per heavy atom. The first-order valence-electron chi connectivity index (χ1n) is 7.05. The van der Waals surface area contributed by atoms with Gasteiger partial charge in [0.1, 0.15) is 0 Å². The van der Waals surface area contributed by atoms with Gasteiger partial charge in [0.2, 0.25) is 0 Å². The predicted octanol–water partition coefficient (Wildman–Crippen LogP) is 3.89. The second-order valence-corrected chi connectivity index (χ2v) is 5.34. The molecule has 1 aromatic carbocycles. The minimum absolute atomic E-state index is 0.240. The molecule has 2 N–H and O–H groups in total. The van der Waals surface area contributed by atoms with Crippen LogP contribution in [0.5, 0.6) is 0 Å². The minimum atomic E-state index is -0.702. The maximum atomic E-state index is 9.49. The van der Waals surface area contributed by atoms with E-state index in [4.69, 9.17) is 5.11 Å². The van der Waals surface area contributed by atoms with Gasteiger partial charge in [0, 0.05) is 6.61 Å².